The van der Waals surface area contributed by atoms with E-state index in [2.05, 4.69) is 9.47 Å². The van der Waals surface area contributed by atoms with Crippen LogP contribution in [0.2, 0.25) is 0 Å². The van der Waals surface area contributed by atoms with Crippen molar-refractivity contribution in [2.75, 3.05) is 14.2 Å². The standard InChI is InChI=1S/C8H12O7/c1-14-5(9)3-4(7(11)12)6(10)8(13)15-2/h4,6,10H,3H2,1-2H3,(H,11,12). The third kappa shape index (κ3) is 3.94. The molecule has 2 N–H and O–H groups in total. The van der Waals surface area contributed by atoms with Crippen molar-refractivity contribution in [2.24, 2.45) is 5.92 Å². The Morgan fingerprint density at radius 1 is 1.20 bits per heavy atom. The molecular formula is C8H12O7. The number of esters is 2. The molecule has 0 amide bonds. The predicted molar refractivity (Wildman–Crippen MR) is 45.8 cm³/mol. The first kappa shape index (κ1) is 13.4. The van der Waals surface area contributed by atoms with Gasteiger partial charge in [0.25, 0.3) is 0 Å². The Labute approximate surface area is 85.6 Å². The Bertz CT molecular complexity index is 260. The molecule has 0 saturated carbocycles. The normalized spacial score (nSPS) is 13.8. The fraction of sp³-hybridized carbons (Fsp3) is 0.625. The predicted octanol–water partition coefficient (Wildman–Crippen LogP) is -1.22. The van der Waals surface area contributed by atoms with Gasteiger partial charge in [-0.1, -0.05) is 0 Å². The SMILES string of the molecule is COC(=O)CC(C(=O)O)C(O)C(=O)OC. The lowest BCUT2D eigenvalue weighted by atomic mass is 9.99. The molecular weight excluding hydrogens is 208 g/mol. The maximum atomic E-state index is 10.8. The summed E-state index contributed by atoms with van der Waals surface area (Å²) in [4.78, 5) is 32.3. The van der Waals surface area contributed by atoms with Crippen LogP contribution in [0.3, 0.4) is 0 Å². The van der Waals surface area contributed by atoms with Crippen LogP contribution in [-0.2, 0) is 23.9 Å². The molecule has 2 atom stereocenters. The van der Waals surface area contributed by atoms with Crippen molar-refractivity contribution in [3.8, 4) is 0 Å². The first-order valence-corrected chi connectivity index (χ1v) is 3.99. The molecule has 7 heteroatoms. The van der Waals surface area contributed by atoms with Crippen molar-refractivity contribution in [2.45, 2.75) is 12.5 Å². The number of methoxy groups -OCH3 is 2. The maximum Gasteiger partial charge on any atom is 0.335 e. The van der Waals surface area contributed by atoms with Gasteiger partial charge in [-0.3, -0.25) is 9.59 Å². The van der Waals surface area contributed by atoms with E-state index >= 15 is 0 Å². The van der Waals surface area contributed by atoms with Gasteiger partial charge < -0.3 is 19.7 Å². The molecule has 0 aliphatic heterocycles. The average Bonchev–Trinajstić information content (AvgIpc) is 2.22. The van der Waals surface area contributed by atoms with Crippen molar-refractivity contribution in [3.05, 3.63) is 0 Å². The lowest BCUT2D eigenvalue weighted by molar-refractivity contribution is -0.164. The number of aliphatic carboxylic acids is 1. The Kier molecular flexibility index (Phi) is 5.32. The summed E-state index contributed by atoms with van der Waals surface area (Å²) in [5, 5.41) is 17.9. The summed E-state index contributed by atoms with van der Waals surface area (Å²) in [6.07, 6.45) is -2.48. The zero-order valence-corrected chi connectivity index (χ0v) is 8.30. The van der Waals surface area contributed by atoms with E-state index in [-0.39, 0.29) is 0 Å². The van der Waals surface area contributed by atoms with Crippen molar-refractivity contribution in [3.63, 3.8) is 0 Å². The number of carboxylic acid groups (broad SMARTS) is 1. The topological polar surface area (TPSA) is 110 Å². The number of aliphatic hydroxyl groups excluding tert-OH is 1. The summed E-state index contributed by atoms with van der Waals surface area (Å²) >= 11 is 0. The maximum absolute atomic E-state index is 10.8. The number of hydrogen-bond donors (Lipinski definition) is 2. The van der Waals surface area contributed by atoms with Gasteiger partial charge >= 0.3 is 17.9 Å². The minimum atomic E-state index is -1.88. The highest BCUT2D eigenvalue weighted by Gasteiger charge is 2.34. The molecule has 0 radical (unpaired) electrons. The molecule has 7 nitrogen and oxygen atoms in total. The Hall–Kier alpha value is -1.63. The summed E-state index contributed by atoms with van der Waals surface area (Å²) in [7, 11) is 2.08. The highest BCUT2D eigenvalue weighted by atomic mass is 16.5. The van der Waals surface area contributed by atoms with Crippen LogP contribution < -0.4 is 0 Å². The molecule has 0 spiro atoms. The largest absolute Gasteiger partial charge is 0.481 e. The molecule has 0 aliphatic carbocycles. The van der Waals surface area contributed by atoms with Crippen LogP contribution in [0, 0.1) is 5.92 Å². The summed E-state index contributed by atoms with van der Waals surface area (Å²) in [6.45, 7) is 0. The van der Waals surface area contributed by atoms with E-state index in [0.29, 0.717) is 0 Å². The highest BCUT2D eigenvalue weighted by Crippen LogP contribution is 2.12. The molecule has 2 unspecified atom stereocenters. The number of ether oxygens (including phenoxy) is 2. The third-order valence-corrected chi connectivity index (χ3v) is 1.76. The van der Waals surface area contributed by atoms with Crippen molar-refractivity contribution in [1.82, 2.24) is 0 Å². The Morgan fingerprint density at radius 3 is 2.07 bits per heavy atom. The van der Waals surface area contributed by atoms with Crippen LogP contribution in [-0.4, -0.2) is 48.4 Å². The quantitative estimate of drug-likeness (QED) is 0.559. The van der Waals surface area contributed by atoms with Gasteiger partial charge in [-0.15, -0.1) is 0 Å². The minimum Gasteiger partial charge on any atom is -0.481 e. The minimum absolute atomic E-state index is 0.595. The fourth-order valence-corrected chi connectivity index (χ4v) is 0.882. The fourth-order valence-electron chi connectivity index (χ4n) is 0.882. The van der Waals surface area contributed by atoms with Crippen molar-refractivity contribution < 1.29 is 34.1 Å². The smallest absolute Gasteiger partial charge is 0.335 e. The Morgan fingerprint density at radius 2 is 1.73 bits per heavy atom. The van der Waals surface area contributed by atoms with Gasteiger partial charge in [0.1, 0.15) is 5.92 Å². The van der Waals surface area contributed by atoms with Crippen molar-refractivity contribution in [1.29, 1.82) is 0 Å². The van der Waals surface area contributed by atoms with E-state index < -0.39 is 36.4 Å². The molecule has 0 fully saturated rings. The van der Waals surface area contributed by atoms with Crippen molar-refractivity contribution >= 4 is 17.9 Å². The van der Waals surface area contributed by atoms with Gasteiger partial charge in [0.2, 0.25) is 0 Å². The second kappa shape index (κ2) is 5.97. The number of carboxylic acids is 1. The summed E-state index contributed by atoms with van der Waals surface area (Å²) in [5.41, 5.74) is 0. The van der Waals surface area contributed by atoms with Crippen LogP contribution in [0.4, 0.5) is 0 Å². The summed E-state index contributed by atoms with van der Waals surface area (Å²) in [6, 6.07) is 0. The molecule has 0 aromatic heterocycles. The second-order valence-electron chi connectivity index (χ2n) is 2.69. The van der Waals surface area contributed by atoms with Gasteiger partial charge in [-0.2, -0.15) is 0 Å². The number of carbonyl (C=O) groups is 3. The lowest BCUT2D eigenvalue weighted by Gasteiger charge is -2.15. The number of rotatable bonds is 5. The van der Waals surface area contributed by atoms with E-state index in [4.69, 9.17) is 5.11 Å². The molecule has 0 saturated heterocycles. The van der Waals surface area contributed by atoms with Gasteiger partial charge in [0.15, 0.2) is 6.10 Å². The van der Waals surface area contributed by atoms with Crippen LogP contribution in [0.1, 0.15) is 6.42 Å². The first-order valence-electron chi connectivity index (χ1n) is 3.99. The first-order chi connectivity index (χ1) is 6.93. The summed E-state index contributed by atoms with van der Waals surface area (Å²) in [5.74, 6) is -4.97. The number of hydrogen-bond acceptors (Lipinski definition) is 6. The molecule has 0 aromatic rings. The molecule has 0 aliphatic rings. The van der Waals surface area contributed by atoms with Gasteiger partial charge in [0.05, 0.1) is 20.6 Å². The van der Waals surface area contributed by atoms with E-state index in [1.54, 1.807) is 0 Å². The van der Waals surface area contributed by atoms with E-state index in [9.17, 15) is 19.5 Å². The number of aliphatic hydroxyl groups is 1. The molecule has 15 heavy (non-hydrogen) atoms. The zero-order chi connectivity index (χ0) is 12.0. The van der Waals surface area contributed by atoms with Gasteiger partial charge in [-0.25, -0.2) is 4.79 Å². The zero-order valence-electron chi connectivity index (χ0n) is 8.30. The van der Waals surface area contributed by atoms with Crippen LogP contribution in [0.15, 0.2) is 0 Å². The molecule has 0 heterocycles. The molecule has 0 aromatic carbocycles. The van der Waals surface area contributed by atoms with Crippen LogP contribution in [0.5, 0.6) is 0 Å². The second-order valence-corrected chi connectivity index (χ2v) is 2.69. The number of carbonyl (C=O) groups excluding carboxylic acids is 2. The molecule has 0 bridgehead atoms. The molecule has 86 valence electrons. The van der Waals surface area contributed by atoms with Crippen LogP contribution in [0.25, 0.3) is 0 Å². The lowest BCUT2D eigenvalue weighted by Crippen LogP contribution is -2.37. The summed E-state index contributed by atoms with van der Waals surface area (Å²) < 4.78 is 8.38. The molecule has 0 rings (SSSR count). The van der Waals surface area contributed by atoms with E-state index in [1.165, 1.54) is 0 Å². The third-order valence-electron chi connectivity index (χ3n) is 1.76. The van der Waals surface area contributed by atoms with Gasteiger partial charge in [-0.05, 0) is 0 Å². The Balaban J connectivity index is 4.59. The average molecular weight is 220 g/mol. The van der Waals surface area contributed by atoms with E-state index in [1.807, 2.05) is 0 Å². The van der Waals surface area contributed by atoms with E-state index in [0.717, 1.165) is 14.2 Å². The highest BCUT2D eigenvalue weighted by molar-refractivity contribution is 5.86. The van der Waals surface area contributed by atoms with Gasteiger partial charge in [0, 0.05) is 0 Å². The van der Waals surface area contributed by atoms with Crippen LogP contribution >= 0.6 is 0 Å². The monoisotopic (exact) mass is 220 g/mol.